The summed E-state index contributed by atoms with van der Waals surface area (Å²) in [5.41, 5.74) is 0.155. The lowest BCUT2D eigenvalue weighted by atomic mass is 10.2. The van der Waals surface area contributed by atoms with E-state index in [1.165, 1.54) is 6.07 Å². The SMILES string of the molecule is O=C(c1ccc(F)c(F)c1)N(Cc1ccco1)C1CC1. The average molecular weight is 277 g/mol. The third kappa shape index (κ3) is 2.57. The van der Waals surface area contributed by atoms with Crippen molar-refractivity contribution in [3.05, 3.63) is 59.6 Å². The highest BCUT2D eigenvalue weighted by atomic mass is 19.2. The molecule has 0 radical (unpaired) electrons. The molecule has 1 saturated carbocycles. The fraction of sp³-hybridized carbons (Fsp3) is 0.267. The van der Waals surface area contributed by atoms with E-state index in [9.17, 15) is 13.6 Å². The molecule has 1 aromatic heterocycles. The molecule has 0 saturated heterocycles. The Morgan fingerprint density at radius 1 is 1.25 bits per heavy atom. The number of hydrogen-bond acceptors (Lipinski definition) is 2. The maximum absolute atomic E-state index is 13.2. The van der Waals surface area contributed by atoms with E-state index in [4.69, 9.17) is 4.42 Å². The zero-order chi connectivity index (χ0) is 14.1. The van der Waals surface area contributed by atoms with Crippen LogP contribution in [0.25, 0.3) is 0 Å². The van der Waals surface area contributed by atoms with Crippen molar-refractivity contribution in [1.82, 2.24) is 4.90 Å². The van der Waals surface area contributed by atoms with Gasteiger partial charge >= 0.3 is 0 Å². The minimum Gasteiger partial charge on any atom is -0.467 e. The van der Waals surface area contributed by atoms with Crippen molar-refractivity contribution in [1.29, 1.82) is 0 Å². The van der Waals surface area contributed by atoms with Gasteiger partial charge in [0, 0.05) is 11.6 Å². The summed E-state index contributed by atoms with van der Waals surface area (Å²) < 4.78 is 31.4. The summed E-state index contributed by atoms with van der Waals surface area (Å²) >= 11 is 0. The van der Waals surface area contributed by atoms with Crippen molar-refractivity contribution < 1.29 is 18.0 Å². The van der Waals surface area contributed by atoms with Gasteiger partial charge in [-0.05, 0) is 43.2 Å². The van der Waals surface area contributed by atoms with Crippen molar-refractivity contribution >= 4 is 5.91 Å². The topological polar surface area (TPSA) is 33.5 Å². The first-order chi connectivity index (χ1) is 9.65. The molecule has 1 heterocycles. The molecule has 1 amide bonds. The Bertz CT molecular complexity index is 621. The Hall–Kier alpha value is -2.17. The fourth-order valence-corrected chi connectivity index (χ4v) is 2.12. The van der Waals surface area contributed by atoms with Gasteiger partial charge in [-0.15, -0.1) is 0 Å². The second-order valence-electron chi connectivity index (χ2n) is 4.87. The van der Waals surface area contributed by atoms with Gasteiger partial charge in [0.25, 0.3) is 5.91 Å². The Morgan fingerprint density at radius 2 is 2.05 bits per heavy atom. The highest BCUT2D eigenvalue weighted by molar-refractivity contribution is 5.94. The van der Waals surface area contributed by atoms with Gasteiger partial charge in [0.15, 0.2) is 11.6 Å². The molecule has 0 N–H and O–H groups in total. The first kappa shape index (κ1) is 12.8. The monoisotopic (exact) mass is 277 g/mol. The minimum absolute atomic E-state index is 0.153. The van der Waals surface area contributed by atoms with Gasteiger partial charge in [-0.25, -0.2) is 8.78 Å². The Morgan fingerprint density at radius 3 is 2.65 bits per heavy atom. The Balaban J connectivity index is 1.83. The zero-order valence-electron chi connectivity index (χ0n) is 10.7. The Kier molecular flexibility index (Phi) is 3.26. The minimum atomic E-state index is -1.01. The molecule has 104 valence electrons. The number of nitrogens with zero attached hydrogens (tertiary/aromatic N) is 1. The number of carbonyl (C=O) groups is 1. The van der Waals surface area contributed by atoms with Gasteiger partial charge in [0.2, 0.25) is 0 Å². The van der Waals surface area contributed by atoms with Gasteiger partial charge in [0.05, 0.1) is 12.8 Å². The first-order valence-electron chi connectivity index (χ1n) is 6.43. The van der Waals surface area contributed by atoms with E-state index in [1.54, 1.807) is 23.3 Å². The second kappa shape index (κ2) is 5.07. The molecule has 1 aliphatic rings. The van der Waals surface area contributed by atoms with Crippen LogP contribution in [0, 0.1) is 11.6 Å². The molecule has 1 fully saturated rings. The van der Waals surface area contributed by atoms with Crippen LogP contribution >= 0.6 is 0 Å². The van der Waals surface area contributed by atoms with E-state index >= 15 is 0 Å². The zero-order valence-corrected chi connectivity index (χ0v) is 10.7. The fourth-order valence-electron chi connectivity index (χ4n) is 2.12. The van der Waals surface area contributed by atoms with E-state index in [0.29, 0.717) is 12.3 Å². The van der Waals surface area contributed by atoms with Crippen LogP contribution in [0.2, 0.25) is 0 Å². The summed E-state index contributed by atoms with van der Waals surface area (Å²) in [6.45, 7) is 0.343. The predicted molar refractivity (Wildman–Crippen MR) is 68.0 cm³/mol. The number of rotatable bonds is 4. The van der Waals surface area contributed by atoms with E-state index in [2.05, 4.69) is 0 Å². The van der Waals surface area contributed by atoms with E-state index < -0.39 is 11.6 Å². The molecule has 1 aliphatic carbocycles. The van der Waals surface area contributed by atoms with E-state index in [0.717, 1.165) is 25.0 Å². The molecule has 0 aliphatic heterocycles. The third-order valence-electron chi connectivity index (χ3n) is 3.32. The standard InChI is InChI=1S/C15H13F2NO2/c16-13-6-3-10(8-14(13)17)15(19)18(11-4-5-11)9-12-2-1-7-20-12/h1-3,6-8,11H,4-5,9H2. The lowest BCUT2D eigenvalue weighted by Gasteiger charge is -2.21. The first-order valence-corrected chi connectivity index (χ1v) is 6.43. The largest absolute Gasteiger partial charge is 0.467 e. The van der Waals surface area contributed by atoms with Crippen LogP contribution in [-0.2, 0) is 6.54 Å². The molecule has 0 spiro atoms. The number of carbonyl (C=O) groups excluding carboxylic acids is 1. The molecule has 2 aromatic rings. The molecule has 1 aromatic carbocycles. The van der Waals surface area contributed by atoms with E-state index in [1.807, 2.05) is 0 Å². The maximum atomic E-state index is 13.2. The van der Waals surface area contributed by atoms with Crippen LogP contribution in [0.5, 0.6) is 0 Å². The summed E-state index contributed by atoms with van der Waals surface area (Å²) in [5.74, 6) is -1.59. The molecule has 3 nitrogen and oxygen atoms in total. The van der Waals surface area contributed by atoms with Crippen LogP contribution in [0.1, 0.15) is 29.0 Å². The van der Waals surface area contributed by atoms with Gasteiger partial charge in [0.1, 0.15) is 5.76 Å². The number of halogens is 2. The summed E-state index contributed by atoms with van der Waals surface area (Å²) in [6.07, 6.45) is 3.40. The highest BCUT2D eigenvalue weighted by Gasteiger charge is 2.33. The molecule has 0 bridgehead atoms. The molecule has 5 heteroatoms. The van der Waals surface area contributed by atoms with Crippen molar-refractivity contribution in [3.8, 4) is 0 Å². The number of furan rings is 1. The summed E-state index contributed by atoms with van der Waals surface area (Å²) in [5, 5.41) is 0. The summed E-state index contributed by atoms with van der Waals surface area (Å²) in [6, 6.07) is 6.91. The molecule has 0 atom stereocenters. The van der Waals surface area contributed by atoms with Crippen molar-refractivity contribution in [2.75, 3.05) is 0 Å². The lowest BCUT2D eigenvalue weighted by Crippen LogP contribution is -2.32. The third-order valence-corrected chi connectivity index (χ3v) is 3.32. The summed E-state index contributed by atoms with van der Waals surface area (Å²) in [4.78, 5) is 14.1. The highest BCUT2D eigenvalue weighted by Crippen LogP contribution is 2.30. The molecular weight excluding hydrogens is 264 g/mol. The molecule has 0 unspecified atom stereocenters. The predicted octanol–water partition coefficient (Wildman–Crippen LogP) is 3.36. The second-order valence-corrected chi connectivity index (χ2v) is 4.87. The van der Waals surface area contributed by atoms with Crippen LogP contribution < -0.4 is 0 Å². The smallest absolute Gasteiger partial charge is 0.254 e. The van der Waals surface area contributed by atoms with Crippen molar-refractivity contribution in [3.63, 3.8) is 0 Å². The number of hydrogen-bond donors (Lipinski definition) is 0. The Labute approximate surface area is 114 Å². The quantitative estimate of drug-likeness (QED) is 0.858. The maximum Gasteiger partial charge on any atom is 0.254 e. The van der Waals surface area contributed by atoms with Gasteiger partial charge in [-0.3, -0.25) is 4.79 Å². The molecular formula is C15H13F2NO2. The van der Waals surface area contributed by atoms with Crippen molar-refractivity contribution in [2.24, 2.45) is 0 Å². The normalized spacial score (nSPS) is 14.3. The number of benzene rings is 1. The van der Waals surface area contributed by atoms with Crippen LogP contribution in [0.15, 0.2) is 41.0 Å². The van der Waals surface area contributed by atoms with Crippen LogP contribution in [-0.4, -0.2) is 16.8 Å². The van der Waals surface area contributed by atoms with Gasteiger partial charge < -0.3 is 9.32 Å². The lowest BCUT2D eigenvalue weighted by molar-refractivity contribution is 0.0717. The summed E-state index contributed by atoms with van der Waals surface area (Å²) in [7, 11) is 0. The van der Waals surface area contributed by atoms with E-state index in [-0.39, 0.29) is 17.5 Å². The van der Waals surface area contributed by atoms with Crippen molar-refractivity contribution in [2.45, 2.75) is 25.4 Å². The average Bonchev–Trinajstić information content (AvgIpc) is 3.15. The number of amides is 1. The van der Waals surface area contributed by atoms with Gasteiger partial charge in [-0.1, -0.05) is 0 Å². The van der Waals surface area contributed by atoms with Crippen LogP contribution in [0.3, 0.4) is 0 Å². The molecule has 3 rings (SSSR count). The van der Waals surface area contributed by atoms with Gasteiger partial charge in [-0.2, -0.15) is 0 Å². The van der Waals surface area contributed by atoms with Crippen LogP contribution in [0.4, 0.5) is 8.78 Å². The molecule has 20 heavy (non-hydrogen) atoms.